The number of benzene rings is 2. The molecule has 0 aliphatic rings. The lowest BCUT2D eigenvalue weighted by atomic mass is 10.2. The minimum Gasteiger partial charge on any atom is -0.322 e. The zero-order chi connectivity index (χ0) is 17.0. The van der Waals surface area contributed by atoms with E-state index < -0.39 is 0 Å². The highest BCUT2D eigenvalue weighted by Crippen LogP contribution is 2.29. The van der Waals surface area contributed by atoms with Gasteiger partial charge in [-0.15, -0.1) is 0 Å². The summed E-state index contributed by atoms with van der Waals surface area (Å²) in [4.78, 5) is 13.8. The number of nitrogens with one attached hydrogen (secondary N) is 1. The van der Waals surface area contributed by atoms with Gasteiger partial charge in [-0.1, -0.05) is 45.2 Å². The van der Waals surface area contributed by atoms with E-state index in [0.29, 0.717) is 27.8 Å². The third-order valence-electron chi connectivity index (χ3n) is 3.09. The Hall–Kier alpha value is -1.14. The number of amides is 1. The highest BCUT2D eigenvalue weighted by molar-refractivity contribution is 9.10. The lowest BCUT2D eigenvalue weighted by molar-refractivity contribution is -0.117. The zero-order valence-corrected chi connectivity index (χ0v) is 15.3. The number of anilines is 1. The SMILES string of the molecule is CN(CC(=O)Nc1c(Cl)cccc1Cl)Cc1cc(Br)ccc1F. The molecule has 1 amide bonds. The average molecular weight is 420 g/mol. The second-order valence-corrected chi connectivity index (χ2v) is 6.78. The first-order valence-electron chi connectivity index (χ1n) is 6.73. The van der Waals surface area contributed by atoms with Gasteiger partial charge in [-0.25, -0.2) is 4.39 Å². The fraction of sp³-hybridized carbons (Fsp3) is 0.188. The number of nitrogens with zero attached hydrogens (tertiary/aromatic N) is 1. The molecule has 0 aliphatic heterocycles. The van der Waals surface area contributed by atoms with Gasteiger partial charge < -0.3 is 5.32 Å². The number of para-hydroxylation sites is 1. The Morgan fingerprint density at radius 2 is 1.91 bits per heavy atom. The number of halogens is 4. The van der Waals surface area contributed by atoms with Crippen molar-refractivity contribution in [3.8, 4) is 0 Å². The maximum atomic E-state index is 13.7. The van der Waals surface area contributed by atoms with Crippen molar-refractivity contribution < 1.29 is 9.18 Å². The van der Waals surface area contributed by atoms with E-state index in [1.807, 2.05) is 0 Å². The fourth-order valence-corrected chi connectivity index (χ4v) is 2.95. The second kappa shape index (κ2) is 8.11. The van der Waals surface area contributed by atoms with Gasteiger partial charge in [0, 0.05) is 16.6 Å². The largest absolute Gasteiger partial charge is 0.322 e. The Labute approximate surface area is 152 Å². The van der Waals surface area contributed by atoms with Crippen molar-refractivity contribution in [3.63, 3.8) is 0 Å². The number of rotatable bonds is 5. The molecule has 0 unspecified atom stereocenters. The van der Waals surface area contributed by atoms with Gasteiger partial charge in [-0.05, 0) is 37.4 Å². The average Bonchev–Trinajstić information content (AvgIpc) is 2.47. The van der Waals surface area contributed by atoms with Gasteiger partial charge in [0.1, 0.15) is 5.82 Å². The van der Waals surface area contributed by atoms with Gasteiger partial charge in [0.05, 0.1) is 22.3 Å². The smallest absolute Gasteiger partial charge is 0.238 e. The van der Waals surface area contributed by atoms with Crippen LogP contribution < -0.4 is 5.32 Å². The summed E-state index contributed by atoms with van der Waals surface area (Å²) in [7, 11) is 1.73. The molecule has 2 aromatic rings. The van der Waals surface area contributed by atoms with Crippen LogP contribution in [0.2, 0.25) is 10.0 Å². The second-order valence-electron chi connectivity index (χ2n) is 5.05. The fourth-order valence-electron chi connectivity index (χ4n) is 2.05. The van der Waals surface area contributed by atoms with Gasteiger partial charge >= 0.3 is 0 Å². The first-order chi connectivity index (χ1) is 10.9. The van der Waals surface area contributed by atoms with Crippen molar-refractivity contribution in [3.05, 3.63) is 62.3 Å². The van der Waals surface area contributed by atoms with E-state index in [-0.39, 0.29) is 18.3 Å². The molecule has 0 fully saturated rings. The molecule has 2 rings (SSSR count). The molecule has 1 N–H and O–H groups in total. The molecule has 0 spiro atoms. The molecule has 0 bridgehead atoms. The van der Waals surface area contributed by atoms with Crippen LogP contribution in [0, 0.1) is 5.82 Å². The topological polar surface area (TPSA) is 32.3 Å². The highest BCUT2D eigenvalue weighted by atomic mass is 79.9. The van der Waals surface area contributed by atoms with Crippen LogP contribution in [-0.4, -0.2) is 24.4 Å². The maximum absolute atomic E-state index is 13.7. The third-order valence-corrected chi connectivity index (χ3v) is 4.21. The van der Waals surface area contributed by atoms with Crippen LogP contribution in [0.1, 0.15) is 5.56 Å². The number of hydrogen-bond acceptors (Lipinski definition) is 2. The van der Waals surface area contributed by atoms with Crippen molar-refractivity contribution >= 4 is 50.7 Å². The molecule has 0 aromatic heterocycles. The van der Waals surface area contributed by atoms with Crippen molar-refractivity contribution in [1.29, 1.82) is 0 Å². The summed E-state index contributed by atoms with van der Waals surface area (Å²) >= 11 is 15.3. The first-order valence-corrected chi connectivity index (χ1v) is 8.28. The zero-order valence-electron chi connectivity index (χ0n) is 12.2. The predicted molar refractivity (Wildman–Crippen MR) is 95.5 cm³/mol. The lowest BCUT2D eigenvalue weighted by Crippen LogP contribution is -2.30. The number of hydrogen-bond donors (Lipinski definition) is 1. The Balaban J connectivity index is 1.98. The molecule has 0 atom stereocenters. The van der Waals surface area contributed by atoms with Crippen molar-refractivity contribution in [1.82, 2.24) is 4.90 Å². The van der Waals surface area contributed by atoms with Crippen molar-refractivity contribution in [2.24, 2.45) is 0 Å². The summed E-state index contributed by atoms with van der Waals surface area (Å²) in [6.45, 7) is 0.377. The summed E-state index contributed by atoms with van der Waals surface area (Å²) in [5, 5.41) is 3.41. The predicted octanol–water partition coefficient (Wildman–Crippen LogP) is 4.97. The van der Waals surface area contributed by atoms with Gasteiger partial charge in [0.2, 0.25) is 5.91 Å². The van der Waals surface area contributed by atoms with E-state index in [2.05, 4.69) is 21.2 Å². The number of carbonyl (C=O) groups excluding carboxylic acids is 1. The van der Waals surface area contributed by atoms with E-state index in [9.17, 15) is 9.18 Å². The van der Waals surface area contributed by atoms with Crippen molar-refractivity contribution in [2.45, 2.75) is 6.54 Å². The van der Waals surface area contributed by atoms with Crippen LogP contribution in [-0.2, 0) is 11.3 Å². The minimum absolute atomic E-state index is 0.0769. The summed E-state index contributed by atoms with van der Waals surface area (Å²) in [6, 6.07) is 9.69. The molecular formula is C16H14BrCl2FN2O. The van der Waals surface area contributed by atoms with Crippen LogP contribution in [0.3, 0.4) is 0 Å². The molecule has 0 saturated heterocycles. The molecule has 3 nitrogen and oxygen atoms in total. The third kappa shape index (κ3) is 5.18. The van der Waals surface area contributed by atoms with E-state index in [1.54, 1.807) is 42.3 Å². The summed E-state index contributed by atoms with van der Waals surface area (Å²) < 4.78 is 14.5. The molecule has 0 saturated carbocycles. The van der Waals surface area contributed by atoms with Crippen LogP contribution in [0.15, 0.2) is 40.9 Å². The van der Waals surface area contributed by atoms with E-state index in [0.717, 1.165) is 4.47 Å². The van der Waals surface area contributed by atoms with Gasteiger partial charge in [0.15, 0.2) is 0 Å². The van der Waals surface area contributed by atoms with Crippen LogP contribution in [0.5, 0.6) is 0 Å². The molecular weight excluding hydrogens is 406 g/mol. The van der Waals surface area contributed by atoms with Crippen molar-refractivity contribution in [2.75, 3.05) is 18.9 Å². The van der Waals surface area contributed by atoms with E-state index in [1.165, 1.54) is 6.07 Å². The molecule has 122 valence electrons. The monoisotopic (exact) mass is 418 g/mol. The number of likely N-dealkylation sites (N-methyl/N-ethyl adjacent to an activating group) is 1. The quantitative estimate of drug-likeness (QED) is 0.742. The Kier molecular flexibility index (Phi) is 6.41. The number of carbonyl (C=O) groups is 1. The van der Waals surface area contributed by atoms with Gasteiger partial charge in [0.25, 0.3) is 0 Å². The van der Waals surface area contributed by atoms with E-state index >= 15 is 0 Å². The Morgan fingerprint density at radius 3 is 2.57 bits per heavy atom. The Bertz CT molecular complexity index is 707. The summed E-state index contributed by atoms with van der Waals surface area (Å²) in [5.74, 6) is -0.590. The molecule has 0 radical (unpaired) electrons. The standard InChI is InChI=1S/C16H14BrCl2FN2O/c1-22(8-10-7-11(17)5-6-14(10)20)9-15(23)21-16-12(18)3-2-4-13(16)19/h2-7H,8-9H2,1H3,(H,21,23). The van der Waals surface area contributed by atoms with Crippen LogP contribution >= 0.6 is 39.1 Å². The van der Waals surface area contributed by atoms with Gasteiger partial charge in [-0.2, -0.15) is 0 Å². The normalized spacial score (nSPS) is 10.9. The summed E-state index contributed by atoms with van der Waals surface area (Å²) in [5.41, 5.74) is 0.883. The van der Waals surface area contributed by atoms with Crippen LogP contribution in [0.4, 0.5) is 10.1 Å². The first kappa shape index (κ1) is 18.2. The molecule has 2 aromatic carbocycles. The van der Waals surface area contributed by atoms with Crippen LogP contribution in [0.25, 0.3) is 0 Å². The summed E-state index contributed by atoms with van der Waals surface area (Å²) in [6.07, 6.45) is 0. The minimum atomic E-state index is -0.311. The maximum Gasteiger partial charge on any atom is 0.238 e. The lowest BCUT2D eigenvalue weighted by Gasteiger charge is -2.17. The highest BCUT2D eigenvalue weighted by Gasteiger charge is 2.13. The molecule has 0 heterocycles. The Morgan fingerprint density at radius 1 is 1.26 bits per heavy atom. The van der Waals surface area contributed by atoms with Gasteiger partial charge in [-0.3, -0.25) is 9.69 Å². The molecule has 23 heavy (non-hydrogen) atoms. The molecule has 7 heteroatoms. The molecule has 0 aliphatic carbocycles. The van der Waals surface area contributed by atoms with E-state index in [4.69, 9.17) is 23.2 Å².